The maximum absolute atomic E-state index is 13.2. The Morgan fingerprint density at radius 3 is 2.43 bits per heavy atom. The summed E-state index contributed by atoms with van der Waals surface area (Å²) in [5.74, 6) is -0.102. The number of carbonyl (C=O) groups is 1. The Bertz CT molecular complexity index is 943. The van der Waals surface area contributed by atoms with Crippen LogP contribution in [0.1, 0.15) is 24.2 Å². The zero-order chi connectivity index (χ0) is 19.4. The zero-order valence-electron chi connectivity index (χ0n) is 15.7. The van der Waals surface area contributed by atoms with E-state index in [9.17, 15) is 4.79 Å². The quantitative estimate of drug-likeness (QED) is 0.435. The fourth-order valence-corrected chi connectivity index (χ4v) is 4.30. The van der Waals surface area contributed by atoms with Gasteiger partial charge in [0.1, 0.15) is 0 Å². The van der Waals surface area contributed by atoms with E-state index >= 15 is 0 Å². The molecule has 2 aromatic carbocycles. The van der Waals surface area contributed by atoms with Crippen molar-refractivity contribution in [2.45, 2.75) is 13.8 Å². The van der Waals surface area contributed by atoms with Gasteiger partial charge in [0.05, 0.1) is 10.2 Å². The average Bonchev–Trinajstić information content (AvgIpc) is 3.07. The Kier molecular flexibility index (Phi) is 8.53. The van der Waals surface area contributed by atoms with E-state index in [0.29, 0.717) is 27.3 Å². The molecule has 0 aliphatic carbocycles. The van der Waals surface area contributed by atoms with Gasteiger partial charge in [-0.25, -0.2) is 4.98 Å². The molecule has 0 atom stereocenters. The van der Waals surface area contributed by atoms with Crippen LogP contribution in [-0.4, -0.2) is 42.0 Å². The zero-order valence-corrected chi connectivity index (χ0v) is 18.8. The van der Waals surface area contributed by atoms with Gasteiger partial charge in [-0.05, 0) is 49.5 Å². The topological polar surface area (TPSA) is 36.4 Å². The first kappa shape index (κ1) is 22.9. The van der Waals surface area contributed by atoms with Gasteiger partial charge in [-0.15, -0.1) is 12.4 Å². The molecule has 0 aliphatic heterocycles. The van der Waals surface area contributed by atoms with Gasteiger partial charge in [0.2, 0.25) is 0 Å². The molecule has 3 aromatic rings. The molecule has 28 heavy (non-hydrogen) atoms. The minimum atomic E-state index is -0.102. The smallest absolute Gasteiger partial charge is 0.260 e. The number of aromatic nitrogens is 1. The molecule has 0 spiro atoms. The summed E-state index contributed by atoms with van der Waals surface area (Å²) < 4.78 is 0.962. The fraction of sp³-hybridized carbons (Fsp3) is 0.300. The highest BCUT2D eigenvalue weighted by atomic mass is 35.5. The summed E-state index contributed by atoms with van der Waals surface area (Å²) in [6, 6.07) is 12.6. The first-order valence-corrected chi connectivity index (χ1v) is 10.4. The second kappa shape index (κ2) is 10.4. The number of amides is 1. The van der Waals surface area contributed by atoms with Crippen LogP contribution in [0.3, 0.4) is 0 Å². The Balaban J connectivity index is 0.00000280. The van der Waals surface area contributed by atoms with E-state index in [0.717, 1.165) is 29.9 Å². The Labute approximate surface area is 185 Å². The maximum Gasteiger partial charge on any atom is 0.260 e. The lowest BCUT2D eigenvalue weighted by Crippen LogP contribution is -2.38. The molecular weight excluding hydrogens is 437 g/mol. The minimum Gasteiger partial charge on any atom is -0.302 e. The predicted molar refractivity (Wildman–Crippen MR) is 123 cm³/mol. The summed E-state index contributed by atoms with van der Waals surface area (Å²) in [6.45, 7) is 7.44. The van der Waals surface area contributed by atoms with Crippen molar-refractivity contribution < 1.29 is 4.79 Å². The van der Waals surface area contributed by atoms with Crippen LogP contribution in [0.2, 0.25) is 10.0 Å². The van der Waals surface area contributed by atoms with Crippen LogP contribution in [0, 0.1) is 0 Å². The number of likely N-dealkylation sites (N-methyl/N-ethyl adjacent to an activating group) is 1. The molecule has 0 saturated heterocycles. The van der Waals surface area contributed by atoms with Crippen LogP contribution < -0.4 is 4.90 Å². The number of benzene rings is 2. The monoisotopic (exact) mass is 457 g/mol. The Morgan fingerprint density at radius 2 is 1.75 bits per heavy atom. The summed E-state index contributed by atoms with van der Waals surface area (Å²) in [5.41, 5.74) is 1.39. The highest BCUT2D eigenvalue weighted by molar-refractivity contribution is 7.22. The van der Waals surface area contributed by atoms with Gasteiger partial charge in [0.15, 0.2) is 5.13 Å². The predicted octanol–water partition coefficient (Wildman–Crippen LogP) is 6.01. The fourth-order valence-electron chi connectivity index (χ4n) is 2.84. The molecular formula is C20H22Cl3N3OS. The third-order valence-electron chi connectivity index (χ3n) is 4.42. The number of anilines is 1. The lowest BCUT2D eigenvalue weighted by molar-refractivity contribution is 0.0984. The van der Waals surface area contributed by atoms with Crippen LogP contribution in [0.25, 0.3) is 10.2 Å². The molecule has 0 saturated carbocycles. The minimum absolute atomic E-state index is 0. The van der Waals surface area contributed by atoms with Crippen LogP contribution in [0.15, 0.2) is 42.5 Å². The van der Waals surface area contributed by atoms with E-state index in [1.54, 1.807) is 29.2 Å². The van der Waals surface area contributed by atoms with E-state index in [2.05, 4.69) is 23.7 Å². The first-order valence-electron chi connectivity index (χ1n) is 8.87. The first-order chi connectivity index (χ1) is 13.0. The number of fused-ring (bicyclic) bond motifs is 1. The van der Waals surface area contributed by atoms with E-state index in [1.807, 2.05) is 18.2 Å². The van der Waals surface area contributed by atoms with Crippen LogP contribution >= 0.6 is 46.9 Å². The highest BCUT2D eigenvalue weighted by Crippen LogP contribution is 2.31. The number of nitrogens with zero attached hydrogens (tertiary/aromatic N) is 3. The summed E-state index contributed by atoms with van der Waals surface area (Å²) >= 11 is 13.7. The third-order valence-corrected chi connectivity index (χ3v) is 5.93. The lowest BCUT2D eigenvalue weighted by Gasteiger charge is -2.24. The number of hydrogen-bond acceptors (Lipinski definition) is 4. The van der Waals surface area contributed by atoms with Crippen molar-refractivity contribution in [1.82, 2.24) is 9.88 Å². The van der Waals surface area contributed by atoms with Gasteiger partial charge in [-0.1, -0.05) is 54.5 Å². The van der Waals surface area contributed by atoms with Crippen molar-refractivity contribution in [2.24, 2.45) is 0 Å². The van der Waals surface area contributed by atoms with E-state index in [4.69, 9.17) is 23.2 Å². The van der Waals surface area contributed by atoms with Gasteiger partial charge in [0, 0.05) is 28.7 Å². The van der Waals surface area contributed by atoms with Gasteiger partial charge in [-0.3, -0.25) is 9.69 Å². The molecule has 1 heterocycles. The van der Waals surface area contributed by atoms with Crippen LogP contribution in [0.5, 0.6) is 0 Å². The van der Waals surface area contributed by atoms with Gasteiger partial charge < -0.3 is 4.90 Å². The van der Waals surface area contributed by atoms with Crippen molar-refractivity contribution in [1.29, 1.82) is 0 Å². The molecule has 0 unspecified atom stereocenters. The Hall–Kier alpha value is -1.37. The molecule has 150 valence electrons. The number of halogens is 3. The number of thiazole rings is 1. The SMILES string of the molecule is CCN(CC)CCN(C(=O)c1cccc(Cl)c1)c1nc2ccc(Cl)cc2s1.Cl. The molecule has 1 aromatic heterocycles. The molecule has 0 bridgehead atoms. The van der Waals surface area contributed by atoms with E-state index < -0.39 is 0 Å². The second-order valence-electron chi connectivity index (χ2n) is 6.10. The second-order valence-corrected chi connectivity index (χ2v) is 7.98. The summed E-state index contributed by atoms with van der Waals surface area (Å²) in [6.07, 6.45) is 0. The Morgan fingerprint density at radius 1 is 1.04 bits per heavy atom. The van der Waals surface area contributed by atoms with E-state index in [-0.39, 0.29) is 18.3 Å². The van der Waals surface area contributed by atoms with Gasteiger partial charge >= 0.3 is 0 Å². The highest BCUT2D eigenvalue weighted by Gasteiger charge is 2.22. The van der Waals surface area contributed by atoms with Gasteiger partial charge in [0.25, 0.3) is 5.91 Å². The summed E-state index contributed by atoms with van der Waals surface area (Å²) in [7, 11) is 0. The molecule has 0 fully saturated rings. The standard InChI is InChI=1S/C20H21Cl2N3OS.ClH/c1-3-24(4-2)10-11-25(19(26)14-6-5-7-15(21)12-14)20-23-17-9-8-16(22)13-18(17)27-20;/h5-9,12-13H,3-4,10-11H2,1-2H3;1H. The normalized spacial score (nSPS) is 10.9. The van der Waals surface area contributed by atoms with Crippen molar-refractivity contribution in [3.8, 4) is 0 Å². The number of hydrogen-bond donors (Lipinski definition) is 0. The molecule has 4 nitrogen and oxygen atoms in total. The average molecular weight is 459 g/mol. The van der Waals surface area contributed by atoms with Crippen molar-refractivity contribution >= 4 is 68.2 Å². The summed E-state index contributed by atoms with van der Waals surface area (Å²) in [4.78, 5) is 21.9. The molecule has 0 aliphatic rings. The van der Waals surface area contributed by atoms with Crippen molar-refractivity contribution in [2.75, 3.05) is 31.1 Å². The number of carbonyl (C=O) groups excluding carboxylic acids is 1. The maximum atomic E-state index is 13.2. The molecule has 0 N–H and O–H groups in total. The number of rotatable bonds is 7. The van der Waals surface area contributed by atoms with Gasteiger partial charge in [-0.2, -0.15) is 0 Å². The van der Waals surface area contributed by atoms with Crippen LogP contribution in [-0.2, 0) is 0 Å². The molecule has 1 amide bonds. The van der Waals surface area contributed by atoms with Crippen LogP contribution in [0.4, 0.5) is 5.13 Å². The summed E-state index contributed by atoms with van der Waals surface area (Å²) in [5, 5.41) is 1.87. The molecule has 8 heteroatoms. The largest absolute Gasteiger partial charge is 0.302 e. The van der Waals surface area contributed by atoms with Crippen molar-refractivity contribution in [3.63, 3.8) is 0 Å². The van der Waals surface area contributed by atoms with E-state index in [1.165, 1.54) is 11.3 Å². The molecule has 3 rings (SSSR count). The molecule has 0 radical (unpaired) electrons. The lowest BCUT2D eigenvalue weighted by atomic mass is 10.2. The van der Waals surface area contributed by atoms with Crippen molar-refractivity contribution in [3.05, 3.63) is 58.1 Å². The third kappa shape index (κ3) is 5.37.